The van der Waals surface area contributed by atoms with Gasteiger partial charge in [-0.05, 0) is 13.0 Å². The van der Waals surface area contributed by atoms with E-state index in [0.717, 1.165) is 23.8 Å². The van der Waals surface area contributed by atoms with E-state index in [-0.39, 0.29) is 5.91 Å². The number of hydrogen-bond donors (Lipinski definition) is 1. The molecule has 6 heteroatoms. The van der Waals surface area contributed by atoms with Crippen molar-refractivity contribution in [1.82, 2.24) is 19.4 Å². The smallest absolute Gasteiger partial charge is 0.257 e. The molecule has 1 aliphatic rings. The summed E-state index contributed by atoms with van der Waals surface area (Å²) in [5, 5.41) is 3.06. The van der Waals surface area contributed by atoms with Gasteiger partial charge in [0.2, 0.25) is 0 Å². The molecule has 0 unspecified atom stereocenters. The van der Waals surface area contributed by atoms with Crippen LogP contribution in [-0.2, 0) is 13.1 Å². The van der Waals surface area contributed by atoms with Crippen molar-refractivity contribution >= 4 is 11.6 Å². The number of amides is 1. The van der Waals surface area contributed by atoms with E-state index in [0.29, 0.717) is 18.7 Å². The molecule has 3 heterocycles. The Kier molecular flexibility index (Phi) is 3.14. The van der Waals surface area contributed by atoms with E-state index in [1.54, 1.807) is 12.4 Å². The van der Waals surface area contributed by atoms with E-state index in [1.807, 2.05) is 31.1 Å². The van der Waals surface area contributed by atoms with Crippen molar-refractivity contribution in [3.63, 3.8) is 0 Å². The fourth-order valence-corrected chi connectivity index (χ4v) is 2.45. The molecule has 0 saturated heterocycles. The first kappa shape index (κ1) is 12.7. The Morgan fingerprint density at radius 3 is 3.00 bits per heavy atom. The van der Waals surface area contributed by atoms with Crippen LogP contribution in [0.1, 0.15) is 21.9 Å². The summed E-state index contributed by atoms with van der Waals surface area (Å²) in [5.41, 5.74) is 2.31. The zero-order chi connectivity index (χ0) is 14.1. The van der Waals surface area contributed by atoms with Gasteiger partial charge in [0.25, 0.3) is 5.91 Å². The lowest BCUT2D eigenvalue weighted by molar-refractivity contribution is 0.0708. The molecule has 0 aliphatic carbocycles. The molecule has 0 fully saturated rings. The fraction of sp³-hybridized carbons (Fsp3) is 0.357. The van der Waals surface area contributed by atoms with E-state index in [9.17, 15) is 4.79 Å². The average molecular weight is 271 g/mol. The van der Waals surface area contributed by atoms with Crippen LogP contribution >= 0.6 is 0 Å². The van der Waals surface area contributed by atoms with Crippen LogP contribution in [0.4, 0.5) is 5.69 Å². The van der Waals surface area contributed by atoms with Crippen LogP contribution in [0, 0.1) is 6.92 Å². The van der Waals surface area contributed by atoms with Crippen molar-refractivity contribution in [3.8, 4) is 0 Å². The second kappa shape index (κ2) is 4.96. The molecule has 0 spiro atoms. The Bertz CT molecular complexity index is 649. The average Bonchev–Trinajstić information content (AvgIpc) is 2.93. The molecule has 2 aromatic heterocycles. The minimum atomic E-state index is -0.00361. The number of rotatable bonds is 2. The summed E-state index contributed by atoms with van der Waals surface area (Å²) < 4.78 is 2.08. The number of anilines is 1. The highest BCUT2D eigenvalue weighted by atomic mass is 16.2. The molecule has 1 aliphatic heterocycles. The fourth-order valence-electron chi connectivity index (χ4n) is 2.45. The number of aryl methyl sites for hydroxylation is 1. The maximum Gasteiger partial charge on any atom is 0.257 e. The van der Waals surface area contributed by atoms with Gasteiger partial charge in [-0.3, -0.25) is 9.78 Å². The third-order valence-corrected chi connectivity index (χ3v) is 3.57. The van der Waals surface area contributed by atoms with Crippen molar-refractivity contribution in [2.75, 3.05) is 18.9 Å². The second-order valence-electron chi connectivity index (χ2n) is 4.88. The molecule has 0 radical (unpaired) electrons. The summed E-state index contributed by atoms with van der Waals surface area (Å²) >= 11 is 0. The normalized spacial score (nSPS) is 14.0. The van der Waals surface area contributed by atoms with Crippen molar-refractivity contribution in [2.24, 2.45) is 0 Å². The molecule has 1 N–H and O–H groups in total. The predicted octanol–water partition coefficient (Wildman–Crippen LogP) is 1.28. The first-order valence-electron chi connectivity index (χ1n) is 6.62. The Hall–Kier alpha value is -2.37. The molecule has 0 saturated carbocycles. The van der Waals surface area contributed by atoms with Crippen LogP contribution < -0.4 is 5.32 Å². The van der Waals surface area contributed by atoms with E-state index >= 15 is 0 Å². The second-order valence-corrected chi connectivity index (χ2v) is 4.88. The van der Waals surface area contributed by atoms with Crippen LogP contribution in [-0.4, -0.2) is 38.9 Å². The molecule has 0 atom stereocenters. The van der Waals surface area contributed by atoms with Crippen LogP contribution in [0.5, 0.6) is 0 Å². The lowest BCUT2D eigenvalue weighted by Gasteiger charge is -2.28. The lowest BCUT2D eigenvalue weighted by Crippen LogP contribution is -2.38. The van der Waals surface area contributed by atoms with Crippen LogP contribution in [0.3, 0.4) is 0 Å². The molecule has 0 bridgehead atoms. The van der Waals surface area contributed by atoms with E-state index in [4.69, 9.17) is 0 Å². The SMILES string of the molecule is CNc1cc(C)ncc1C(=O)N1CCn2ccnc2C1. The first-order valence-corrected chi connectivity index (χ1v) is 6.62. The molecular weight excluding hydrogens is 254 g/mol. The topological polar surface area (TPSA) is 63.1 Å². The van der Waals surface area contributed by atoms with Gasteiger partial charge in [0.15, 0.2) is 0 Å². The van der Waals surface area contributed by atoms with Crippen molar-refractivity contribution < 1.29 is 4.79 Å². The summed E-state index contributed by atoms with van der Waals surface area (Å²) in [7, 11) is 1.81. The summed E-state index contributed by atoms with van der Waals surface area (Å²) in [5.74, 6) is 0.923. The number of imidazole rings is 1. The number of carbonyl (C=O) groups excluding carboxylic acids is 1. The standard InChI is InChI=1S/C14H17N5O/c1-10-7-12(15-2)11(8-17-10)14(20)19-6-5-18-4-3-16-13(18)9-19/h3-4,7-8H,5-6,9H2,1-2H3,(H,15,17). The number of nitrogens with zero attached hydrogens (tertiary/aromatic N) is 4. The van der Waals surface area contributed by atoms with Gasteiger partial charge in [0, 0.05) is 44.4 Å². The number of pyridine rings is 1. The third kappa shape index (κ3) is 2.13. The van der Waals surface area contributed by atoms with E-state index < -0.39 is 0 Å². The summed E-state index contributed by atoms with van der Waals surface area (Å²) in [4.78, 5) is 23.0. The van der Waals surface area contributed by atoms with Crippen molar-refractivity contribution in [1.29, 1.82) is 0 Å². The molecule has 1 amide bonds. The number of aromatic nitrogens is 3. The number of fused-ring (bicyclic) bond motifs is 1. The summed E-state index contributed by atoms with van der Waals surface area (Å²) in [6.07, 6.45) is 5.37. The molecule has 104 valence electrons. The Morgan fingerprint density at radius 2 is 2.20 bits per heavy atom. The molecule has 20 heavy (non-hydrogen) atoms. The summed E-state index contributed by atoms with van der Waals surface area (Å²) in [6.45, 7) is 3.93. The van der Waals surface area contributed by atoms with E-state index in [2.05, 4.69) is 19.9 Å². The highest BCUT2D eigenvalue weighted by Gasteiger charge is 2.24. The maximum atomic E-state index is 12.6. The van der Waals surface area contributed by atoms with Gasteiger partial charge in [-0.15, -0.1) is 0 Å². The lowest BCUT2D eigenvalue weighted by atomic mass is 10.1. The zero-order valence-electron chi connectivity index (χ0n) is 11.6. The van der Waals surface area contributed by atoms with Crippen molar-refractivity contribution in [2.45, 2.75) is 20.0 Å². The molecule has 6 nitrogen and oxygen atoms in total. The molecule has 0 aromatic carbocycles. The van der Waals surface area contributed by atoms with Gasteiger partial charge in [-0.1, -0.05) is 0 Å². The number of carbonyl (C=O) groups is 1. The van der Waals surface area contributed by atoms with Crippen LogP contribution in [0.25, 0.3) is 0 Å². The highest BCUT2D eigenvalue weighted by molar-refractivity contribution is 5.99. The highest BCUT2D eigenvalue weighted by Crippen LogP contribution is 2.20. The first-order chi connectivity index (χ1) is 9.69. The Morgan fingerprint density at radius 1 is 1.35 bits per heavy atom. The Balaban J connectivity index is 1.87. The third-order valence-electron chi connectivity index (χ3n) is 3.57. The summed E-state index contributed by atoms with van der Waals surface area (Å²) in [6, 6.07) is 1.89. The molecular formula is C14H17N5O. The monoisotopic (exact) mass is 271 g/mol. The number of hydrogen-bond acceptors (Lipinski definition) is 4. The predicted molar refractivity (Wildman–Crippen MR) is 75.5 cm³/mol. The minimum Gasteiger partial charge on any atom is -0.387 e. The largest absolute Gasteiger partial charge is 0.387 e. The minimum absolute atomic E-state index is 0.00361. The van der Waals surface area contributed by atoms with Crippen LogP contribution in [0.2, 0.25) is 0 Å². The van der Waals surface area contributed by atoms with Crippen molar-refractivity contribution in [3.05, 3.63) is 41.7 Å². The van der Waals surface area contributed by atoms with Gasteiger partial charge >= 0.3 is 0 Å². The quantitative estimate of drug-likeness (QED) is 0.894. The van der Waals surface area contributed by atoms with Gasteiger partial charge in [-0.25, -0.2) is 4.98 Å². The number of nitrogens with one attached hydrogen (secondary N) is 1. The van der Waals surface area contributed by atoms with Gasteiger partial charge in [0.05, 0.1) is 17.8 Å². The Labute approximate surface area is 117 Å². The van der Waals surface area contributed by atoms with Gasteiger partial charge in [-0.2, -0.15) is 0 Å². The maximum absolute atomic E-state index is 12.6. The van der Waals surface area contributed by atoms with Gasteiger partial charge < -0.3 is 14.8 Å². The molecule has 3 rings (SSSR count). The van der Waals surface area contributed by atoms with Crippen LogP contribution in [0.15, 0.2) is 24.7 Å². The zero-order valence-corrected chi connectivity index (χ0v) is 11.6. The van der Waals surface area contributed by atoms with E-state index in [1.165, 1.54) is 0 Å². The molecule has 2 aromatic rings. The van der Waals surface area contributed by atoms with Gasteiger partial charge in [0.1, 0.15) is 5.82 Å².